The number of aromatic nitrogens is 4. The summed E-state index contributed by atoms with van der Waals surface area (Å²) in [5.41, 5.74) is 2.58. The Hall–Kier alpha value is -2.87. The number of hydrogen-bond donors (Lipinski definition) is 2. The summed E-state index contributed by atoms with van der Waals surface area (Å²) in [5, 5.41) is 17.7. The molecule has 3 aromatic rings. The number of rotatable bonds is 6. The average Bonchev–Trinajstić information content (AvgIpc) is 3.08. The first-order valence-corrected chi connectivity index (χ1v) is 9.15. The molecule has 0 bridgehead atoms. The average molecular weight is 385 g/mol. The Kier molecular flexibility index (Phi) is 4.80. The SMILES string of the molecule is Cc1cc(Nc2nccc(C(F)F)n2)cc(-c2cnn(CC3(O)CCC3)c2)c1. The standard InChI is InChI=1S/C20H21F2N5O/c1-13-7-14(15-10-24-27(11-15)12-20(28)4-2-5-20)9-16(8-13)25-19-23-6-3-17(26-19)18(21)22/h3,6-11,18,28H,2,4-5,12H2,1H3,(H,23,25,26). The molecular weight excluding hydrogens is 364 g/mol. The van der Waals surface area contributed by atoms with Gasteiger partial charge in [-0.1, -0.05) is 6.07 Å². The van der Waals surface area contributed by atoms with E-state index in [4.69, 9.17) is 0 Å². The molecule has 1 fully saturated rings. The second-order valence-corrected chi connectivity index (χ2v) is 7.32. The van der Waals surface area contributed by atoms with Gasteiger partial charge in [0.05, 0.1) is 18.3 Å². The van der Waals surface area contributed by atoms with Gasteiger partial charge in [-0.3, -0.25) is 4.68 Å². The summed E-state index contributed by atoms with van der Waals surface area (Å²) in [6.07, 6.45) is 4.98. The molecule has 0 unspecified atom stereocenters. The number of nitrogens with zero attached hydrogens (tertiary/aromatic N) is 4. The highest BCUT2D eigenvalue weighted by Gasteiger charge is 2.34. The lowest BCUT2D eigenvalue weighted by atomic mass is 9.80. The number of hydrogen-bond acceptors (Lipinski definition) is 5. The second kappa shape index (κ2) is 7.27. The predicted molar refractivity (Wildman–Crippen MR) is 101 cm³/mol. The van der Waals surface area contributed by atoms with Crippen molar-refractivity contribution >= 4 is 11.6 Å². The predicted octanol–water partition coefficient (Wildman–Crippen LogP) is 4.24. The minimum absolute atomic E-state index is 0.122. The quantitative estimate of drug-likeness (QED) is 0.664. The van der Waals surface area contributed by atoms with Crippen LogP contribution in [0.3, 0.4) is 0 Å². The molecule has 1 aromatic carbocycles. The highest BCUT2D eigenvalue weighted by Crippen LogP contribution is 2.33. The Labute approximate surface area is 161 Å². The molecule has 8 heteroatoms. The van der Waals surface area contributed by atoms with E-state index in [-0.39, 0.29) is 11.6 Å². The molecule has 6 nitrogen and oxygen atoms in total. The molecule has 0 radical (unpaired) electrons. The van der Waals surface area contributed by atoms with Gasteiger partial charge in [0.2, 0.25) is 5.95 Å². The normalized spacial score (nSPS) is 15.5. The maximum Gasteiger partial charge on any atom is 0.280 e. The van der Waals surface area contributed by atoms with Gasteiger partial charge in [0.25, 0.3) is 6.43 Å². The minimum atomic E-state index is -2.65. The summed E-state index contributed by atoms with van der Waals surface area (Å²) in [5.74, 6) is 0.122. The molecule has 4 rings (SSSR count). The van der Waals surface area contributed by atoms with Crippen molar-refractivity contribution in [2.24, 2.45) is 0 Å². The van der Waals surface area contributed by atoms with Gasteiger partial charge in [-0.25, -0.2) is 18.7 Å². The van der Waals surface area contributed by atoms with Crippen molar-refractivity contribution in [3.63, 3.8) is 0 Å². The summed E-state index contributed by atoms with van der Waals surface area (Å²) in [6.45, 7) is 2.44. The Balaban J connectivity index is 1.56. The van der Waals surface area contributed by atoms with Crippen molar-refractivity contribution in [2.45, 2.75) is 44.8 Å². The summed E-state index contributed by atoms with van der Waals surface area (Å²) < 4.78 is 27.4. The number of aliphatic hydroxyl groups is 1. The van der Waals surface area contributed by atoms with Crippen LogP contribution in [0.15, 0.2) is 42.9 Å². The number of alkyl halides is 2. The molecule has 146 valence electrons. The van der Waals surface area contributed by atoms with Gasteiger partial charge in [0.1, 0.15) is 5.69 Å². The summed E-state index contributed by atoms with van der Waals surface area (Å²) in [7, 11) is 0. The number of nitrogens with one attached hydrogen (secondary N) is 1. The van der Waals surface area contributed by atoms with E-state index < -0.39 is 12.0 Å². The van der Waals surface area contributed by atoms with Crippen LogP contribution in [-0.2, 0) is 6.54 Å². The molecule has 1 aliphatic rings. The van der Waals surface area contributed by atoms with Crippen molar-refractivity contribution < 1.29 is 13.9 Å². The molecule has 0 spiro atoms. The third-order valence-electron chi connectivity index (χ3n) is 4.94. The Morgan fingerprint density at radius 2 is 2.07 bits per heavy atom. The van der Waals surface area contributed by atoms with E-state index in [9.17, 15) is 13.9 Å². The smallest absolute Gasteiger partial charge is 0.280 e. The van der Waals surface area contributed by atoms with Crippen LogP contribution in [0.2, 0.25) is 0 Å². The van der Waals surface area contributed by atoms with Crippen molar-refractivity contribution in [2.75, 3.05) is 5.32 Å². The Morgan fingerprint density at radius 1 is 1.25 bits per heavy atom. The van der Waals surface area contributed by atoms with E-state index in [1.807, 2.05) is 31.3 Å². The third-order valence-corrected chi connectivity index (χ3v) is 4.94. The van der Waals surface area contributed by atoms with Crippen LogP contribution in [0.4, 0.5) is 20.4 Å². The van der Waals surface area contributed by atoms with E-state index in [1.165, 1.54) is 12.3 Å². The Bertz CT molecular complexity index is 984. The van der Waals surface area contributed by atoms with Crippen LogP contribution in [0.1, 0.15) is 36.9 Å². The lowest BCUT2D eigenvalue weighted by molar-refractivity contribution is -0.0498. The number of halogens is 2. The summed E-state index contributed by atoms with van der Waals surface area (Å²) >= 11 is 0. The molecule has 1 aliphatic carbocycles. The number of benzene rings is 1. The maximum atomic E-state index is 12.8. The van der Waals surface area contributed by atoms with Crippen LogP contribution in [0.25, 0.3) is 11.1 Å². The van der Waals surface area contributed by atoms with Crippen LogP contribution >= 0.6 is 0 Å². The van der Waals surface area contributed by atoms with E-state index in [0.717, 1.165) is 36.0 Å². The van der Waals surface area contributed by atoms with Crippen LogP contribution in [0, 0.1) is 6.92 Å². The highest BCUT2D eigenvalue weighted by molar-refractivity contribution is 5.70. The first kappa shape index (κ1) is 18.5. The minimum Gasteiger partial charge on any atom is -0.388 e. The molecule has 2 heterocycles. The first-order valence-electron chi connectivity index (χ1n) is 9.15. The van der Waals surface area contributed by atoms with Gasteiger partial charge in [0, 0.05) is 23.6 Å². The second-order valence-electron chi connectivity index (χ2n) is 7.32. The van der Waals surface area contributed by atoms with E-state index in [1.54, 1.807) is 10.9 Å². The van der Waals surface area contributed by atoms with Crippen molar-refractivity contribution in [3.8, 4) is 11.1 Å². The monoisotopic (exact) mass is 385 g/mol. The molecule has 0 aliphatic heterocycles. The molecule has 2 aromatic heterocycles. The Morgan fingerprint density at radius 3 is 2.79 bits per heavy atom. The summed E-state index contributed by atoms with van der Waals surface area (Å²) in [6, 6.07) is 7.00. The van der Waals surface area contributed by atoms with E-state index in [0.29, 0.717) is 12.2 Å². The lowest BCUT2D eigenvalue weighted by Crippen LogP contribution is -2.41. The maximum absolute atomic E-state index is 12.8. The zero-order valence-corrected chi connectivity index (χ0v) is 15.4. The molecule has 2 N–H and O–H groups in total. The van der Waals surface area contributed by atoms with Gasteiger partial charge in [-0.05, 0) is 55.5 Å². The van der Waals surface area contributed by atoms with Crippen LogP contribution in [-0.4, -0.2) is 30.5 Å². The van der Waals surface area contributed by atoms with Gasteiger partial charge < -0.3 is 10.4 Å². The van der Waals surface area contributed by atoms with Crippen molar-refractivity contribution in [3.05, 3.63) is 54.1 Å². The van der Waals surface area contributed by atoms with Gasteiger partial charge in [-0.2, -0.15) is 5.10 Å². The number of anilines is 2. The molecule has 0 saturated heterocycles. The molecule has 0 atom stereocenters. The van der Waals surface area contributed by atoms with Crippen LogP contribution in [0.5, 0.6) is 0 Å². The van der Waals surface area contributed by atoms with E-state index in [2.05, 4.69) is 20.4 Å². The molecule has 28 heavy (non-hydrogen) atoms. The van der Waals surface area contributed by atoms with Crippen molar-refractivity contribution in [1.82, 2.24) is 19.7 Å². The zero-order valence-electron chi connectivity index (χ0n) is 15.4. The molecular formula is C20H21F2N5O. The van der Waals surface area contributed by atoms with Gasteiger partial charge >= 0.3 is 0 Å². The third kappa shape index (κ3) is 4.01. The van der Waals surface area contributed by atoms with Gasteiger partial charge in [0.15, 0.2) is 0 Å². The molecule has 1 saturated carbocycles. The van der Waals surface area contributed by atoms with Crippen molar-refractivity contribution in [1.29, 1.82) is 0 Å². The fourth-order valence-corrected chi connectivity index (χ4v) is 3.35. The summed E-state index contributed by atoms with van der Waals surface area (Å²) in [4.78, 5) is 7.85. The lowest BCUT2D eigenvalue weighted by Gasteiger charge is -2.36. The fraction of sp³-hybridized carbons (Fsp3) is 0.350. The largest absolute Gasteiger partial charge is 0.388 e. The van der Waals surface area contributed by atoms with E-state index >= 15 is 0 Å². The zero-order chi connectivity index (χ0) is 19.7. The first-order chi connectivity index (χ1) is 13.4. The molecule has 0 amide bonds. The topological polar surface area (TPSA) is 75.9 Å². The fourth-order valence-electron chi connectivity index (χ4n) is 3.35. The van der Waals surface area contributed by atoms with Crippen LogP contribution < -0.4 is 5.32 Å². The highest BCUT2D eigenvalue weighted by atomic mass is 19.3. The van der Waals surface area contributed by atoms with Gasteiger partial charge in [-0.15, -0.1) is 0 Å². The number of aryl methyl sites for hydroxylation is 1.